The van der Waals surface area contributed by atoms with Crippen molar-refractivity contribution in [2.24, 2.45) is 5.41 Å². The second-order valence-electron chi connectivity index (χ2n) is 7.15. The molecule has 0 radical (unpaired) electrons. The SMILES string of the molecule is CS(=O)(=O)c1ccc(C2=CCC3(CCC3c3cccnc3)C2)cc1. The van der Waals surface area contributed by atoms with Crippen LogP contribution in [-0.4, -0.2) is 19.7 Å². The van der Waals surface area contributed by atoms with Crippen LogP contribution in [0.2, 0.25) is 0 Å². The summed E-state index contributed by atoms with van der Waals surface area (Å²) in [5.41, 5.74) is 4.19. The lowest BCUT2D eigenvalue weighted by molar-refractivity contribution is 0.107. The van der Waals surface area contributed by atoms with E-state index in [0.29, 0.717) is 16.2 Å². The summed E-state index contributed by atoms with van der Waals surface area (Å²) in [6.07, 6.45) is 12.1. The summed E-state index contributed by atoms with van der Waals surface area (Å²) >= 11 is 0. The molecule has 2 aliphatic rings. The Kier molecular flexibility index (Phi) is 3.61. The zero-order valence-corrected chi connectivity index (χ0v) is 14.6. The van der Waals surface area contributed by atoms with Crippen LogP contribution in [0.3, 0.4) is 0 Å². The summed E-state index contributed by atoms with van der Waals surface area (Å²) in [5, 5.41) is 0. The van der Waals surface area contributed by atoms with E-state index in [0.717, 1.165) is 18.4 Å². The Morgan fingerprint density at radius 3 is 2.54 bits per heavy atom. The van der Waals surface area contributed by atoms with Gasteiger partial charge in [-0.1, -0.05) is 24.3 Å². The Balaban J connectivity index is 1.54. The van der Waals surface area contributed by atoms with Gasteiger partial charge in [-0.15, -0.1) is 0 Å². The third-order valence-corrected chi connectivity index (χ3v) is 6.84. The molecule has 0 saturated heterocycles. The molecule has 1 heterocycles. The van der Waals surface area contributed by atoms with E-state index in [1.807, 2.05) is 30.6 Å². The average molecular weight is 339 g/mol. The van der Waals surface area contributed by atoms with Crippen LogP contribution in [-0.2, 0) is 9.84 Å². The maximum atomic E-state index is 11.6. The highest BCUT2D eigenvalue weighted by Gasteiger charge is 2.49. The summed E-state index contributed by atoms with van der Waals surface area (Å²) in [7, 11) is -3.13. The van der Waals surface area contributed by atoms with Gasteiger partial charge in [-0.05, 0) is 71.9 Å². The molecular formula is C20H21NO2S. The predicted octanol–water partition coefficient (Wildman–Crippen LogP) is 4.23. The molecule has 3 nitrogen and oxygen atoms in total. The van der Waals surface area contributed by atoms with Gasteiger partial charge in [0.15, 0.2) is 9.84 Å². The van der Waals surface area contributed by atoms with E-state index >= 15 is 0 Å². The molecule has 1 aromatic carbocycles. The molecule has 1 aromatic heterocycles. The molecule has 1 fully saturated rings. The molecule has 0 N–H and O–H groups in total. The van der Waals surface area contributed by atoms with Gasteiger partial charge >= 0.3 is 0 Å². The van der Waals surface area contributed by atoms with Crippen molar-refractivity contribution in [1.82, 2.24) is 4.98 Å². The van der Waals surface area contributed by atoms with Crippen LogP contribution >= 0.6 is 0 Å². The monoisotopic (exact) mass is 339 g/mol. The molecule has 2 unspecified atom stereocenters. The van der Waals surface area contributed by atoms with Crippen LogP contribution in [0.15, 0.2) is 59.8 Å². The normalized spacial score (nSPS) is 26.2. The lowest BCUT2D eigenvalue weighted by atomic mass is 9.56. The first-order valence-corrected chi connectivity index (χ1v) is 10.3. The van der Waals surface area contributed by atoms with Gasteiger partial charge in [0.1, 0.15) is 0 Å². The fourth-order valence-electron chi connectivity index (χ4n) is 4.24. The fraction of sp³-hybridized carbons (Fsp3) is 0.350. The number of aromatic nitrogens is 1. The largest absolute Gasteiger partial charge is 0.264 e. The predicted molar refractivity (Wildman–Crippen MR) is 95.4 cm³/mol. The van der Waals surface area contributed by atoms with Crippen LogP contribution in [0.1, 0.15) is 42.7 Å². The van der Waals surface area contributed by atoms with Crippen LogP contribution in [0.25, 0.3) is 5.57 Å². The van der Waals surface area contributed by atoms with Crippen molar-refractivity contribution in [2.45, 2.75) is 36.5 Å². The minimum Gasteiger partial charge on any atom is -0.264 e. The number of hydrogen-bond donors (Lipinski definition) is 0. The molecule has 2 aromatic rings. The van der Waals surface area contributed by atoms with E-state index < -0.39 is 9.84 Å². The van der Waals surface area contributed by atoms with Crippen molar-refractivity contribution in [3.63, 3.8) is 0 Å². The van der Waals surface area contributed by atoms with Crippen molar-refractivity contribution in [3.8, 4) is 0 Å². The van der Waals surface area contributed by atoms with E-state index in [1.165, 1.54) is 30.2 Å². The molecule has 1 saturated carbocycles. The lowest BCUT2D eigenvalue weighted by Crippen LogP contribution is -2.36. The molecular weight excluding hydrogens is 318 g/mol. The highest BCUT2D eigenvalue weighted by atomic mass is 32.2. The second-order valence-corrected chi connectivity index (χ2v) is 9.16. The maximum Gasteiger partial charge on any atom is 0.175 e. The van der Waals surface area contributed by atoms with Crippen molar-refractivity contribution in [3.05, 3.63) is 66.0 Å². The third kappa shape index (κ3) is 2.59. The van der Waals surface area contributed by atoms with Gasteiger partial charge in [-0.25, -0.2) is 8.42 Å². The Morgan fingerprint density at radius 1 is 1.17 bits per heavy atom. The van der Waals surface area contributed by atoms with E-state index in [9.17, 15) is 8.42 Å². The van der Waals surface area contributed by atoms with Crippen LogP contribution in [0.5, 0.6) is 0 Å². The molecule has 0 aliphatic heterocycles. The number of benzene rings is 1. The van der Waals surface area contributed by atoms with Gasteiger partial charge in [0.05, 0.1) is 4.90 Å². The lowest BCUT2D eigenvalue weighted by Gasteiger charge is -2.48. The number of hydrogen-bond acceptors (Lipinski definition) is 3. The van der Waals surface area contributed by atoms with Gasteiger partial charge in [-0.3, -0.25) is 4.98 Å². The number of pyridine rings is 1. The third-order valence-electron chi connectivity index (χ3n) is 5.71. The number of sulfone groups is 1. The first kappa shape index (κ1) is 15.6. The number of nitrogens with zero attached hydrogens (tertiary/aromatic N) is 1. The van der Waals surface area contributed by atoms with Crippen molar-refractivity contribution < 1.29 is 8.42 Å². The fourth-order valence-corrected chi connectivity index (χ4v) is 4.87. The molecule has 124 valence electrons. The maximum absolute atomic E-state index is 11.6. The minimum atomic E-state index is -3.13. The van der Waals surface area contributed by atoms with Crippen LogP contribution in [0, 0.1) is 5.41 Å². The standard InChI is InChI=1S/C20H21NO2S/c1-24(22,23)18-6-4-15(5-7-18)16-8-10-20(13-16)11-9-19(20)17-3-2-12-21-14-17/h2-8,12,14,19H,9-11,13H2,1H3. The number of rotatable bonds is 3. The highest BCUT2D eigenvalue weighted by Crippen LogP contribution is 2.62. The van der Waals surface area contributed by atoms with Crippen molar-refractivity contribution in [1.29, 1.82) is 0 Å². The molecule has 2 aliphatic carbocycles. The van der Waals surface area contributed by atoms with Crippen LogP contribution in [0.4, 0.5) is 0 Å². The highest BCUT2D eigenvalue weighted by molar-refractivity contribution is 7.90. The molecule has 2 atom stereocenters. The first-order valence-electron chi connectivity index (χ1n) is 8.37. The van der Waals surface area contributed by atoms with Crippen LogP contribution < -0.4 is 0 Å². The summed E-state index contributed by atoms with van der Waals surface area (Å²) in [4.78, 5) is 4.66. The van der Waals surface area contributed by atoms with E-state index in [2.05, 4.69) is 17.1 Å². The topological polar surface area (TPSA) is 47.0 Å². The zero-order chi connectivity index (χ0) is 16.8. The Hall–Kier alpha value is -1.94. The molecule has 0 bridgehead atoms. The van der Waals surface area contributed by atoms with Gasteiger partial charge < -0.3 is 0 Å². The second kappa shape index (κ2) is 5.55. The van der Waals surface area contributed by atoms with E-state index in [4.69, 9.17) is 0 Å². The first-order chi connectivity index (χ1) is 11.5. The average Bonchev–Trinajstić information content (AvgIpc) is 3.02. The molecule has 4 heteroatoms. The van der Waals surface area contributed by atoms with Gasteiger partial charge in [-0.2, -0.15) is 0 Å². The number of allylic oxidation sites excluding steroid dienone is 2. The molecule has 0 amide bonds. The smallest absolute Gasteiger partial charge is 0.175 e. The van der Waals surface area contributed by atoms with Crippen molar-refractivity contribution >= 4 is 15.4 Å². The van der Waals surface area contributed by atoms with E-state index in [1.54, 1.807) is 12.1 Å². The Bertz CT molecular complexity index is 885. The van der Waals surface area contributed by atoms with E-state index in [-0.39, 0.29) is 0 Å². The van der Waals surface area contributed by atoms with Crippen molar-refractivity contribution in [2.75, 3.05) is 6.26 Å². The minimum absolute atomic E-state index is 0.341. The van der Waals surface area contributed by atoms with Gasteiger partial charge in [0.2, 0.25) is 0 Å². The van der Waals surface area contributed by atoms with Gasteiger partial charge in [0, 0.05) is 18.6 Å². The van der Waals surface area contributed by atoms with Gasteiger partial charge in [0.25, 0.3) is 0 Å². The quantitative estimate of drug-likeness (QED) is 0.841. The summed E-state index contributed by atoms with van der Waals surface area (Å²) in [6, 6.07) is 11.5. The summed E-state index contributed by atoms with van der Waals surface area (Å²) < 4.78 is 23.2. The summed E-state index contributed by atoms with van der Waals surface area (Å²) in [5.74, 6) is 0.593. The zero-order valence-electron chi connectivity index (χ0n) is 13.8. The molecule has 4 rings (SSSR count). The Morgan fingerprint density at radius 2 is 1.96 bits per heavy atom. The molecule has 1 spiro atoms. The molecule has 24 heavy (non-hydrogen) atoms. The summed E-state index contributed by atoms with van der Waals surface area (Å²) in [6.45, 7) is 0. The Labute approximate surface area is 143 Å².